The van der Waals surface area contributed by atoms with E-state index in [1.807, 2.05) is 20.8 Å². The number of hydrogen-bond donors (Lipinski definition) is 1. The van der Waals surface area contributed by atoms with Crippen LogP contribution in [-0.2, 0) is 0 Å². The third-order valence-electron chi connectivity index (χ3n) is 1.82. The van der Waals surface area contributed by atoms with Crippen LogP contribution in [0.15, 0.2) is 18.3 Å². The lowest BCUT2D eigenvalue weighted by molar-refractivity contribution is 0.0959. The summed E-state index contributed by atoms with van der Waals surface area (Å²) >= 11 is 0. The smallest absolute Gasteiger partial charge is 0.197 e. The molecule has 4 heteroatoms. The fourth-order valence-electron chi connectivity index (χ4n) is 1.20. The SMILES string of the molecule is CC(N)C(=O)c1cc(OC(C)(C)C)ccn1. The van der Waals surface area contributed by atoms with Crippen LogP contribution in [0.4, 0.5) is 0 Å². The zero-order valence-electron chi connectivity index (χ0n) is 10.2. The second-order valence-corrected chi connectivity index (χ2v) is 4.74. The van der Waals surface area contributed by atoms with Gasteiger partial charge in [-0.2, -0.15) is 0 Å². The number of nitrogens with zero attached hydrogens (tertiary/aromatic N) is 1. The summed E-state index contributed by atoms with van der Waals surface area (Å²) in [5, 5.41) is 0. The monoisotopic (exact) mass is 222 g/mol. The molecule has 16 heavy (non-hydrogen) atoms. The number of Topliss-reactive ketones (excluding diaryl/α,β-unsaturated/α-hetero) is 1. The molecule has 1 heterocycles. The number of carbonyl (C=O) groups excluding carboxylic acids is 1. The number of ketones is 1. The Hall–Kier alpha value is -1.42. The van der Waals surface area contributed by atoms with E-state index in [-0.39, 0.29) is 11.4 Å². The van der Waals surface area contributed by atoms with Gasteiger partial charge in [-0.15, -0.1) is 0 Å². The standard InChI is InChI=1S/C12H18N2O2/c1-8(13)11(15)10-7-9(5-6-14-10)16-12(2,3)4/h5-8H,13H2,1-4H3. The third-order valence-corrected chi connectivity index (χ3v) is 1.82. The summed E-state index contributed by atoms with van der Waals surface area (Å²) < 4.78 is 5.64. The van der Waals surface area contributed by atoms with Crippen LogP contribution in [0.3, 0.4) is 0 Å². The first-order valence-corrected chi connectivity index (χ1v) is 5.24. The quantitative estimate of drug-likeness (QED) is 0.792. The molecular weight excluding hydrogens is 204 g/mol. The molecular formula is C12H18N2O2. The van der Waals surface area contributed by atoms with Crippen molar-refractivity contribution in [2.45, 2.75) is 39.3 Å². The minimum absolute atomic E-state index is 0.181. The highest BCUT2D eigenvalue weighted by Gasteiger charge is 2.16. The number of ether oxygens (including phenoxy) is 1. The summed E-state index contributed by atoms with van der Waals surface area (Å²) in [5.74, 6) is 0.450. The van der Waals surface area contributed by atoms with Crippen molar-refractivity contribution in [3.63, 3.8) is 0 Å². The van der Waals surface area contributed by atoms with Crippen molar-refractivity contribution in [2.75, 3.05) is 0 Å². The molecule has 1 aromatic rings. The lowest BCUT2D eigenvalue weighted by Crippen LogP contribution is -2.28. The molecule has 2 N–H and O–H groups in total. The molecule has 1 atom stereocenters. The lowest BCUT2D eigenvalue weighted by atomic mass is 10.1. The third kappa shape index (κ3) is 3.62. The first-order chi connectivity index (χ1) is 7.29. The molecule has 1 unspecified atom stereocenters. The maximum atomic E-state index is 11.6. The molecule has 0 fully saturated rings. The Morgan fingerprint density at radius 2 is 2.12 bits per heavy atom. The average molecular weight is 222 g/mol. The Kier molecular flexibility index (Phi) is 3.65. The summed E-state index contributed by atoms with van der Waals surface area (Å²) in [6.07, 6.45) is 1.55. The molecule has 0 aliphatic rings. The molecule has 0 aromatic carbocycles. The summed E-state index contributed by atoms with van der Waals surface area (Å²) in [4.78, 5) is 15.6. The van der Waals surface area contributed by atoms with Crippen LogP contribution in [0.25, 0.3) is 0 Å². The van der Waals surface area contributed by atoms with E-state index >= 15 is 0 Å². The molecule has 0 amide bonds. The summed E-state index contributed by atoms with van der Waals surface area (Å²) in [6.45, 7) is 7.47. The minimum atomic E-state index is -0.544. The molecule has 0 aliphatic heterocycles. The van der Waals surface area contributed by atoms with Crippen LogP contribution < -0.4 is 10.5 Å². The molecule has 0 spiro atoms. The largest absolute Gasteiger partial charge is 0.488 e. The number of hydrogen-bond acceptors (Lipinski definition) is 4. The highest BCUT2D eigenvalue weighted by atomic mass is 16.5. The van der Waals surface area contributed by atoms with Crippen LogP contribution in [-0.4, -0.2) is 22.4 Å². The summed E-state index contributed by atoms with van der Waals surface area (Å²) in [7, 11) is 0. The van der Waals surface area contributed by atoms with Gasteiger partial charge >= 0.3 is 0 Å². The Morgan fingerprint density at radius 1 is 1.50 bits per heavy atom. The van der Waals surface area contributed by atoms with E-state index in [1.165, 1.54) is 0 Å². The fourth-order valence-corrected chi connectivity index (χ4v) is 1.20. The van der Waals surface area contributed by atoms with Gasteiger partial charge in [-0.25, -0.2) is 0 Å². The fraction of sp³-hybridized carbons (Fsp3) is 0.500. The van der Waals surface area contributed by atoms with Gasteiger partial charge in [0.25, 0.3) is 0 Å². The number of rotatable bonds is 3. The molecule has 4 nitrogen and oxygen atoms in total. The van der Waals surface area contributed by atoms with E-state index in [1.54, 1.807) is 25.3 Å². The predicted octanol–water partition coefficient (Wildman–Crippen LogP) is 1.79. The maximum Gasteiger partial charge on any atom is 0.197 e. The maximum absolute atomic E-state index is 11.6. The van der Waals surface area contributed by atoms with Gasteiger partial charge < -0.3 is 10.5 Å². The highest BCUT2D eigenvalue weighted by Crippen LogP contribution is 2.18. The van der Waals surface area contributed by atoms with Crippen LogP contribution in [0.2, 0.25) is 0 Å². The molecule has 1 rings (SSSR count). The zero-order valence-corrected chi connectivity index (χ0v) is 10.2. The Morgan fingerprint density at radius 3 is 2.62 bits per heavy atom. The summed E-state index contributed by atoms with van der Waals surface area (Å²) in [6, 6.07) is 2.80. The topological polar surface area (TPSA) is 65.2 Å². The van der Waals surface area contributed by atoms with E-state index in [0.29, 0.717) is 11.4 Å². The Labute approximate surface area is 95.8 Å². The second-order valence-electron chi connectivity index (χ2n) is 4.74. The van der Waals surface area contributed by atoms with Crippen molar-refractivity contribution in [1.29, 1.82) is 0 Å². The van der Waals surface area contributed by atoms with E-state index < -0.39 is 6.04 Å². The van der Waals surface area contributed by atoms with Crippen LogP contribution >= 0.6 is 0 Å². The molecule has 0 radical (unpaired) electrons. The predicted molar refractivity (Wildman–Crippen MR) is 62.6 cm³/mol. The van der Waals surface area contributed by atoms with Crippen molar-refractivity contribution >= 4 is 5.78 Å². The number of pyridine rings is 1. The average Bonchev–Trinajstić information content (AvgIpc) is 2.14. The molecule has 0 saturated carbocycles. The Bertz CT molecular complexity index is 381. The van der Waals surface area contributed by atoms with Crippen molar-refractivity contribution in [3.8, 4) is 5.75 Å². The van der Waals surface area contributed by atoms with Crippen molar-refractivity contribution < 1.29 is 9.53 Å². The van der Waals surface area contributed by atoms with E-state index in [4.69, 9.17) is 10.5 Å². The van der Waals surface area contributed by atoms with E-state index in [0.717, 1.165) is 0 Å². The Balaban J connectivity index is 2.91. The van der Waals surface area contributed by atoms with Crippen molar-refractivity contribution in [2.24, 2.45) is 5.73 Å². The lowest BCUT2D eigenvalue weighted by Gasteiger charge is -2.21. The van der Waals surface area contributed by atoms with Gasteiger partial charge in [-0.3, -0.25) is 9.78 Å². The molecule has 88 valence electrons. The van der Waals surface area contributed by atoms with Gasteiger partial charge in [0.15, 0.2) is 5.78 Å². The van der Waals surface area contributed by atoms with Crippen LogP contribution in [0.5, 0.6) is 5.75 Å². The van der Waals surface area contributed by atoms with Gasteiger partial charge in [0.05, 0.1) is 6.04 Å². The van der Waals surface area contributed by atoms with Crippen LogP contribution in [0.1, 0.15) is 38.2 Å². The highest BCUT2D eigenvalue weighted by molar-refractivity contribution is 5.98. The minimum Gasteiger partial charge on any atom is -0.488 e. The first kappa shape index (κ1) is 12.6. The summed E-state index contributed by atoms with van der Waals surface area (Å²) in [5.41, 5.74) is 5.56. The molecule has 0 aliphatic carbocycles. The van der Waals surface area contributed by atoms with Gasteiger partial charge in [-0.1, -0.05) is 0 Å². The first-order valence-electron chi connectivity index (χ1n) is 5.24. The number of nitrogens with two attached hydrogens (primary N) is 1. The molecule has 0 bridgehead atoms. The number of carbonyl (C=O) groups is 1. The van der Waals surface area contributed by atoms with Crippen molar-refractivity contribution in [3.05, 3.63) is 24.0 Å². The zero-order chi connectivity index (χ0) is 12.3. The normalized spacial score (nSPS) is 13.3. The van der Waals surface area contributed by atoms with Gasteiger partial charge in [0, 0.05) is 12.3 Å². The van der Waals surface area contributed by atoms with Crippen molar-refractivity contribution in [1.82, 2.24) is 4.98 Å². The van der Waals surface area contributed by atoms with Crippen LogP contribution in [0, 0.1) is 0 Å². The molecule has 1 aromatic heterocycles. The van der Waals surface area contributed by atoms with Gasteiger partial charge in [-0.05, 0) is 33.8 Å². The van der Waals surface area contributed by atoms with E-state index in [2.05, 4.69) is 4.98 Å². The van der Waals surface area contributed by atoms with Gasteiger partial charge in [0.2, 0.25) is 0 Å². The number of aromatic nitrogens is 1. The van der Waals surface area contributed by atoms with Gasteiger partial charge in [0.1, 0.15) is 17.0 Å². The van der Waals surface area contributed by atoms with E-state index in [9.17, 15) is 4.79 Å². The molecule has 0 saturated heterocycles. The second kappa shape index (κ2) is 4.61.